The second-order valence-corrected chi connectivity index (χ2v) is 7.49. The molecule has 3 aromatic rings. The van der Waals surface area contributed by atoms with Crippen LogP contribution in [0.3, 0.4) is 0 Å². The molecule has 5 heteroatoms. The number of halogens is 1. The van der Waals surface area contributed by atoms with E-state index in [0.717, 1.165) is 16.8 Å². The minimum absolute atomic E-state index is 0.139. The molecule has 4 rings (SSSR count). The molecule has 1 heterocycles. The van der Waals surface area contributed by atoms with Gasteiger partial charge in [0.1, 0.15) is 6.04 Å². The van der Waals surface area contributed by atoms with Gasteiger partial charge >= 0.3 is 0 Å². The van der Waals surface area contributed by atoms with E-state index in [1.165, 1.54) is 0 Å². The largest absolute Gasteiger partial charge is 0.354 e. The van der Waals surface area contributed by atoms with Crippen LogP contribution in [0.5, 0.6) is 0 Å². The summed E-state index contributed by atoms with van der Waals surface area (Å²) in [7, 11) is 0. The van der Waals surface area contributed by atoms with Gasteiger partial charge in [-0.05, 0) is 47.9 Å². The van der Waals surface area contributed by atoms with Gasteiger partial charge in [-0.25, -0.2) is 0 Å². The molecule has 1 aliphatic heterocycles. The molecule has 29 heavy (non-hydrogen) atoms. The van der Waals surface area contributed by atoms with Gasteiger partial charge in [0.15, 0.2) is 0 Å². The Balaban J connectivity index is 1.49. The molecule has 0 saturated carbocycles. The normalized spacial score (nSPS) is 15.1. The van der Waals surface area contributed by atoms with Crippen LogP contribution >= 0.6 is 11.6 Å². The highest BCUT2D eigenvalue weighted by Crippen LogP contribution is 2.33. The number of carbonyl (C=O) groups excluding carboxylic acids is 2. The molecule has 4 nitrogen and oxygen atoms in total. The van der Waals surface area contributed by atoms with Crippen molar-refractivity contribution in [1.82, 2.24) is 5.32 Å². The monoisotopic (exact) mass is 404 g/mol. The molecule has 0 radical (unpaired) electrons. The molecule has 1 aliphatic rings. The fourth-order valence-corrected chi connectivity index (χ4v) is 3.79. The molecule has 146 valence electrons. The van der Waals surface area contributed by atoms with Crippen LogP contribution in [0.15, 0.2) is 78.9 Å². The summed E-state index contributed by atoms with van der Waals surface area (Å²) in [6.07, 6.45) is 1.22. The first-order chi connectivity index (χ1) is 14.1. The third-order valence-corrected chi connectivity index (χ3v) is 5.40. The Kier molecular flexibility index (Phi) is 5.63. The second-order valence-electron chi connectivity index (χ2n) is 7.06. The van der Waals surface area contributed by atoms with Gasteiger partial charge in [0.2, 0.25) is 5.91 Å². The lowest BCUT2D eigenvalue weighted by molar-refractivity contribution is -0.122. The van der Waals surface area contributed by atoms with E-state index in [2.05, 4.69) is 5.32 Å². The average molecular weight is 405 g/mol. The van der Waals surface area contributed by atoms with Crippen LogP contribution in [0.2, 0.25) is 5.02 Å². The van der Waals surface area contributed by atoms with E-state index in [9.17, 15) is 9.59 Å². The first-order valence-corrected chi connectivity index (χ1v) is 10.00. The standard InChI is InChI=1S/C24H21ClN2O2/c25-20-12-10-17(11-13-20)14-15-26-23(28)22-16-19-8-4-5-9-21(19)27(22)24(29)18-6-2-1-3-7-18/h1-13,22H,14-16H2,(H,26,28). The van der Waals surface area contributed by atoms with E-state index in [4.69, 9.17) is 11.6 Å². The fourth-order valence-electron chi connectivity index (χ4n) is 3.67. The Labute approximate surface area is 175 Å². The summed E-state index contributed by atoms with van der Waals surface area (Å²) in [5, 5.41) is 3.68. The van der Waals surface area contributed by atoms with E-state index in [0.29, 0.717) is 30.0 Å². The molecule has 0 spiro atoms. The molecular formula is C24H21ClN2O2. The molecule has 1 N–H and O–H groups in total. The van der Waals surface area contributed by atoms with E-state index in [1.807, 2.05) is 66.7 Å². The van der Waals surface area contributed by atoms with Gasteiger partial charge in [-0.1, -0.05) is 60.1 Å². The third-order valence-electron chi connectivity index (χ3n) is 5.14. The Hall–Kier alpha value is -3.11. The van der Waals surface area contributed by atoms with Gasteiger partial charge < -0.3 is 5.32 Å². The predicted molar refractivity (Wildman–Crippen MR) is 115 cm³/mol. The van der Waals surface area contributed by atoms with Crippen molar-refractivity contribution < 1.29 is 9.59 Å². The van der Waals surface area contributed by atoms with Gasteiger partial charge in [0, 0.05) is 29.2 Å². The molecule has 0 aromatic heterocycles. The Morgan fingerprint density at radius 3 is 2.38 bits per heavy atom. The maximum Gasteiger partial charge on any atom is 0.259 e. The first kappa shape index (κ1) is 19.2. The highest BCUT2D eigenvalue weighted by Gasteiger charge is 2.38. The fraction of sp³-hybridized carbons (Fsp3) is 0.167. The lowest BCUT2D eigenvalue weighted by atomic mass is 10.1. The van der Waals surface area contributed by atoms with Gasteiger partial charge in [-0.15, -0.1) is 0 Å². The van der Waals surface area contributed by atoms with Gasteiger partial charge in [-0.2, -0.15) is 0 Å². The van der Waals surface area contributed by atoms with Crippen LogP contribution < -0.4 is 10.2 Å². The molecule has 0 bridgehead atoms. The van der Waals surface area contributed by atoms with Crippen molar-refractivity contribution in [2.24, 2.45) is 0 Å². The van der Waals surface area contributed by atoms with E-state index in [1.54, 1.807) is 17.0 Å². The lowest BCUT2D eigenvalue weighted by Gasteiger charge is -2.25. The maximum atomic E-state index is 13.2. The summed E-state index contributed by atoms with van der Waals surface area (Å²) in [4.78, 5) is 27.8. The number of carbonyl (C=O) groups is 2. The van der Waals surface area contributed by atoms with E-state index < -0.39 is 6.04 Å². The van der Waals surface area contributed by atoms with Crippen LogP contribution in [-0.4, -0.2) is 24.4 Å². The zero-order chi connectivity index (χ0) is 20.2. The SMILES string of the molecule is O=C(NCCc1ccc(Cl)cc1)C1Cc2ccccc2N1C(=O)c1ccccc1. The van der Waals surface area contributed by atoms with Crippen molar-refractivity contribution in [3.05, 3.63) is 101 Å². The molecule has 2 amide bonds. The zero-order valence-electron chi connectivity index (χ0n) is 15.8. The third kappa shape index (κ3) is 4.17. The highest BCUT2D eigenvalue weighted by molar-refractivity contribution is 6.30. The van der Waals surface area contributed by atoms with E-state index >= 15 is 0 Å². The molecule has 3 aromatic carbocycles. The van der Waals surface area contributed by atoms with Crippen LogP contribution in [0.4, 0.5) is 5.69 Å². The van der Waals surface area contributed by atoms with Gasteiger partial charge in [0.25, 0.3) is 5.91 Å². The quantitative estimate of drug-likeness (QED) is 0.690. The van der Waals surface area contributed by atoms with Crippen molar-refractivity contribution in [2.45, 2.75) is 18.9 Å². The molecule has 0 fully saturated rings. The van der Waals surface area contributed by atoms with Crippen molar-refractivity contribution in [2.75, 3.05) is 11.4 Å². The van der Waals surface area contributed by atoms with Crippen LogP contribution in [0.1, 0.15) is 21.5 Å². The van der Waals surface area contributed by atoms with Gasteiger partial charge in [-0.3, -0.25) is 14.5 Å². The summed E-state index contributed by atoms with van der Waals surface area (Å²) in [6, 6.07) is 23.8. The maximum absolute atomic E-state index is 13.2. The molecular weight excluding hydrogens is 384 g/mol. The zero-order valence-corrected chi connectivity index (χ0v) is 16.6. The Bertz CT molecular complexity index is 1020. The summed E-state index contributed by atoms with van der Waals surface area (Å²) in [6.45, 7) is 0.501. The summed E-state index contributed by atoms with van der Waals surface area (Å²) >= 11 is 5.92. The molecule has 1 atom stereocenters. The Morgan fingerprint density at radius 1 is 0.931 bits per heavy atom. The molecule has 0 saturated heterocycles. The second kappa shape index (κ2) is 8.50. The van der Waals surface area contributed by atoms with Crippen LogP contribution in [0.25, 0.3) is 0 Å². The number of fused-ring (bicyclic) bond motifs is 1. The molecule has 0 aliphatic carbocycles. The topological polar surface area (TPSA) is 49.4 Å². The van der Waals surface area contributed by atoms with Crippen LogP contribution in [-0.2, 0) is 17.6 Å². The smallest absolute Gasteiger partial charge is 0.259 e. The van der Waals surface area contributed by atoms with Gasteiger partial charge in [0.05, 0.1) is 0 Å². The van der Waals surface area contributed by atoms with Crippen LogP contribution in [0, 0.1) is 0 Å². The number of nitrogens with zero attached hydrogens (tertiary/aromatic N) is 1. The number of anilines is 1. The lowest BCUT2D eigenvalue weighted by Crippen LogP contribution is -2.48. The minimum atomic E-state index is -0.551. The number of benzene rings is 3. The number of nitrogens with one attached hydrogen (secondary N) is 1. The number of hydrogen-bond donors (Lipinski definition) is 1. The number of amides is 2. The average Bonchev–Trinajstić information content (AvgIpc) is 3.15. The summed E-state index contributed by atoms with van der Waals surface area (Å²) in [5.41, 5.74) is 3.48. The highest BCUT2D eigenvalue weighted by atomic mass is 35.5. The number of hydrogen-bond acceptors (Lipinski definition) is 2. The molecule has 1 unspecified atom stereocenters. The Morgan fingerprint density at radius 2 is 1.62 bits per heavy atom. The predicted octanol–water partition coefficient (Wildman–Crippen LogP) is 4.27. The van der Waals surface area contributed by atoms with E-state index in [-0.39, 0.29) is 11.8 Å². The first-order valence-electron chi connectivity index (χ1n) is 9.62. The van der Waals surface area contributed by atoms with Crippen molar-refractivity contribution in [3.63, 3.8) is 0 Å². The van der Waals surface area contributed by atoms with Crippen molar-refractivity contribution in [3.8, 4) is 0 Å². The van der Waals surface area contributed by atoms with Crippen molar-refractivity contribution in [1.29, 1.82) is 0 Å². The summed E-state index contributed by atoms with van der Waals surface area (Å²) < 4.78 is 0. The number of rotatable bonds is 5. The minimum Gasteiger partial charge on any atom is -0.354 e. The number of para-hydroxylation sites is 1. The summed E-state index contributed by atoms with van der Waals surface area (Å²) in [5.74, 6) is -0.298. The van der Waals surface area contributed by atoms with Crippen molar-refractivity contribution >= 4 is 29.1 Å².